The molecule has 3 N–H and O–H groups in total. The Balaban J connectivity index is 4.38. The average Bonchev–Trinajstić information content (AvgIpc) is 2.12. The van der Waals surface area contributed by atoms with E-state index < -0.39 is 16.8 Å². The minimum absolute atomic E-state index is 0.400. The molecule has 1 atom stereocenters. The first-order valence-corrected chi connectivity index (χ1v) is 5.89. The molecule has 4 heteroatoms. The summed E-state index contributed by atoms with van der Waals surface area (Å²) in [6.45, 7) is 8.02. The van der Waals surface area contributed by atoms with Crippen LogP contribution in [0.1, 0.15) is 40.5 Å². The molecule has 0 bridgehead atoms. The Morgan fingerprint density at radius 2 is 1.86 bits per heavy atom. The zero-order valence-corrected chi connectivity index (χ0v) is 10.2. The summed E-state index contributed by atoms with van der Waals surface area (Å²) in [4.78, 5) is 10.8. The third-order valence-corrected chi connectivity index (χ3v) is 4.26. The molecule has 0 heterocycles. The Hall–Kier alpha value is -0.220. The van der Waals surface area contributed by atoms with E-state index in [1.165, 1.54) is 0 Å². The summed E-state index contributed by atoms with van der Waals surface area (Å²) < 4.78 is -0.400. The molecule has 0 aromatic carbocycles. The van der Waals surface area contributed by atoms with Gasteiger partial charge in [0.2, 0.25) is 0 Å². The van der Waals surface area contributed by atoms with Crippen LogP contribution < -0.4 is 5.73 Å². The van der Waals surface area contributed by atoms with E-state index in [9.17, 15) is 4.79 Å². The van der Waals surface area contributed by atoms with Gasteiger partial charge < -0.3 is 10.8 Å². The normalized spacial score (nSPS) is 14.4. The van der Waals surface area contributed by atoms with Crippen molar-refractivity contribution in [2.45, 2.75) is 56.6 Å². The lowest BCUT2D eigenvalue weighted by molar-refractivity contribution is -0.139. The second-order valence-electron chi connectivity index (χ2n) is 3.98. The van der Waals surface area contributed by atoms with Gasteiger partial charge in [-0.1, -0.05) is 13.8 Å². The van der Waals surface area contributed by atoms with Gasteiger partial charge in [0.05, 0.1) is 0 Å². The molecule has 84 valence electrons. The molecule has 0 aromatic heterocycles. The van der Waals surface area contributed by atoms with Gasteiger partial charge in [0, 0.05) is 10.00 Å². The summed E-state index contributed by atoms with van der Waals surface area (Å²) in [6, 6.07) is -0.798. The number of hydrogen-bond donors (Lipinski definition) is 2. The van der Waals surface area contributed by atoms with E-state index in [2.05, 4.69) is 13.8 Å². The Morgan fingerprint density at radius 3 is 2.14 bits per heavy atom. The lowest BCUT2D eigenvalue weighted by Crippen LogP contribution is -2.47. The molecule has 0 saturated heterocycles. The van der Waals surface area contributed by atoms with Gasteiger partial charge in [-0.25, -0.2) is 0 Å². The fourth-order valence-corrected chi connectivity index (χ4v) is 2.70. The van der Waals surface area contributed by atoms with Crippen LogP contribution in [0.5, 0.6) is 0 Å². The van der Waals surface area contributed by atoms with E-state index in [4.69, 9.17) is 10.8 Å². The Bertz CT molecular complexity index is 191. The Labute approximate surface area is 90.4 Å². The summed E-state index contributed by atoms with van der Waals surface area (Å²) in [5, 5.41) is 9.33. The first-order chi connectivity index (χ1) is 6.35. The second-order valence-corrected chi connectivity index (χ2v) is 5.93. The lowest BCUT2D eigenvalue weighted by atomic mass is 10.1. The van der Waals surface area contributed by atoms with Crippen molar-refractivity contribution in [2.75, 3.05) is 0 Å². The average molecular weight is 219 g/mol. The van der Waals surface area contributed by atoms with Gasteiger partial charge in [-0.2, -0.15) is 11.8 Å². The molecule has 0 amide bonds. The summed E-state index contributed by atoms with van der Waals surface area (Å²) in [6.07, 6.45) is 2.11. The summed E-state index contributed by atoms with van der Waals surface area (Å²) in [5.41, 5.74) is 5.63. The zero-order valence-electron chi connectivity index (χ0n) is 9.41. The highest BCUT2D eigenvalue weighted by Gasteiger charge is 2.34. The summed E-state index contributed by atoms with van der Waals surface area (Å²) >= 11 is 1.68. The number of carbonyl (C=O) groups is 1. The third kappa shape index (κ3) is 3.88. The van der Waals surface area contributed by atoms with Gasteiger partial charge in [0.1, 0.15) is 6.04 Å². The van der Waals surface area contributed by atoms with Crippen molar-refractivity contribution < 1.29 is 9.90 Å². The Kier molecular flexibility index (Phi) is 5.52. The van der Waals surface area contributed by atoms with Crippen LogP contribution in [0.25, 0.3) is 0 Å². The van der Waals surface area contributed by atoms with Crippen LogP contribution in [0.3, 0.4) is 0 Å². The maximum absolute atomic E-state index is 10.8. The molecule has 0 radical (unpaired) electrons. The van der Waals surface area contributed by atoms with E-state index in [1.807, 2.05) is 13.8 Å². The van der Waals surface area contributed by atoms with Crippen molar-refractivity contribution in [1.29, 1.82) is 0 Å². The smallest absolute Gasteiger partial charge is 0.321 e. The first kappa shape index (κ1) is 13.8. The largest absolute Gasteiger partial charge is 0.480 e. The van der Waals surface area contributed by atoms with Crippen LogP contribution >= 0.6 is 11.8 Å². The molecule has 14 heavy (non-hydrogen) atoms. The number of aliphatic carboxylic acids is 1. The molecule has 0 rings (SSSR count). The minimum Gasteiger partial charge on any atom is -0.480 e. The van der Waals surface area contributed by atoms with Crippen LogP contribution in [0.15, 0.2) is 0 Å². The number of hydrogen-bond acceptors (Lipinski definition) is 3. The second kappa shape index (κ2) is 5.61. The number of nitrogens with two attached hydrogens (primary N) is 1. The molecule has 0 aliphatic carbocycles. The topological polar surface area (TPSA) is 63.3 Å². The lowest BCUT2D eigenvalue weighted by Gasteiger charge is -2.31. The first-order valence-electron chi connectivity index (χ1n) is 5.01. The highest BCUT2D eigenvalue weighted by molar-refractivity contribution is 8.01. The quantitative estimate of drug-likeness (QED) is 0.718. The number of rotatable bonds is 6. The molecule has 0 unspecified atom stereocenters. The fourth-order valence-electron chi connectivity index (χ4n) is 1.26. The van der Waals surface area contributed by atoms with Crippen LogP contribution in [0.4, 0.5) is 0 Å². The van der Waals surface area contributed by atoms with E-state index in [-0.39, 0.29) is 0 Å². The van der Waals surface area contributed by atoms with Gasteiger partial charge in [0.15, 0.2) is 0 Å². The zero-order chi connectivity index (χ0) is 11.4. The van der Waals surface area contributed by atoms with Crippen molar-refractivity contribution in [2.24, 2.45) is 5.73 Å². The molecule has 0 spiro atoms. The standard InChI is InChI=1S/C10H21NO2S/c1-5-7(6-2)14-10(3,4)8(11)9(12)13/h7-8H,5-6,11H2,1-4H3,(H,12,13)/t8-/m0/s1. The third-order valence-electron chi connectivity index (χ3n) is 2.40. The van der Waals surface area contributed by atoms with Crippen molar-refractivity contribution in [3.63, 3.8) is 0 Å². The van der Waals surface area contributed by atoms with Gasteiger partial charge in [0.25, 0.3) is 0 Å². The fraction of sp³-hybridized carbons (Fsp3) is 0.900. The van der Waals surface area contributed by atoms with Crippen molar-refractivity contribution in [3.8, 4) is 0 Å². The molecule has 0 aliphatic rings. The number of carboxylic acid groups (broad SMARTS) is 1. The van der Waals surface area contributed by atoms with Crippen molar-refractivity contribution >= 4 is 17.7 Å². The SMILES string of the molecule is CCC(CC)SC(C)(C)[C@@H](N)C(=O)O. The molecular formula is C10H21NO2S. The predicted octanol–water partition coefficient (Wildman–Crippen LogP) is 2.10. The summed E-state index contributed by atoms with van der Waals surface area (Å²) in [5.74, 6) is -0.923. The maximum Gasteiger partial charge on any atom is 0.321 e. The van der Waals surface area contributed by atoms with Crippen molar-refractivity contribution in [1.82, 2.24) is 0 Å². The van der Waals surface area contributed by atoms with Crippen LogP contribution in [0.2, 0.25) is 0 Å². The molecule has 0 saturated carbocycles. The monoisotopic (exact) mass is 219 g/mol. The molecule has 3 nitrogen and oxygen atoms in total. The molecule has 0 fully saturated rings. The molecular weight excluding hydrogens is 198 g/mol. The summed E-state index contributed by atoms with van der Waals surface area (Å²) in [7, 11) is 0. The highest BCUT2D eigenvalue weighted by atomic mass is 32.2. The van der Waals surface area contributed by atoms with Crippen molar-refractivity contribution in [3.05, 3.63) is 0 Å². The van der Waals surface area contributed by atoms with E-state index >= 15 is 0 Å². The van der Waals surface area contributed by atoms with E-state index in [0.29, 0.717) is 5.25 Å². The maximum atomic E-state index is 10.8. The van der Waals surface area contributed by atoms with Gasteiger partial charge in [-0.05, 0) is 26.7 Å². The van der Waals surface area contributed by atoms with Crippen LogP contribution in [0, 0.1) is 0 Å². The predicted molar refractivity (Wildman–Crippen MR) is 61.7 cm³/mol. The minimum atomic E-state index is -0.923. The van der Waals surface area contributed by atoms with Gasteiger partial charge in [-0.3, -0.25) is 4.79 Å². The van der Waals surface area contributed by atoms with E-state index in [1.54, 1.807) is 11.8 Å². The molecule has 0 aromatic rings. The Morgan fingerprint density at radius 1 is 1.43 bits per heavy atom. The van der Waals surface area contributed by atoms with E-state index in [0.717, 1.165) is 12.8 Å². The number of thioether (sulfide) groups is 1. The van der Waals surface area contributed by atoms with Crippen LogP contribution in [-0.4, -0.2) is 27.1 Å². The van der Waals surface area contributed by atoms with Crippen LogP contribution in [-0.2, 0) is 4.79 Å². The molecule has 0 aliphatic heterocycles. The van der Waals surface area contributed by atoms with Gasteiger partial charge in [-0.15, -0.1) is 0 Å². The highest BCUT2D eigenvalue weighted by Crippen LogP contribution is 2.34. The number of carboxylic acids is 1. The van der Waals surface area contributed by atoms with Gasteiger partial charge >= 0.3 is 5.97 Å².